The van der Waals surface area contributed by atoms with E-state index in [0.29, 0.717) is 30.5 Å². The van der Waals surface area contributed by atoms with Gasteiger partial charge in [0, 0.05) is 26.2 Å². The lowest BCUT2D eigenvalue weighted by atomic mass is 9.92. The molecule has 32 heavy (non-hydrogen) atoms. The number of carbonyl (C=O) groups excluding carboxylic acids is 2. The molecule has 2 amide bonds. The fourth-order valence-corrected chi connectivity index (χ4v) is 4.22. The van der Waals surface area contributed by atoms with Gasteiger partial charge in [-0.1, -0.05) is 25.7 Å². The van der Waals surface area contributed by atoms with Crippen molar-refractivity contribution in [2.45, 2.75) is 32.1 Å². The Kier molecular flexibility index (Phi) is 8.39. The van der Waals surface area contributed by atoms with Crippen molar-refractivity contribution in [2.75, 3.05) is 57.2 Å². The van der Waals surface area contributed by atoms with E-state index < -0.39 is 17.6 Å². The van der Waals surface area contributed by atoms with Gasteiger partial charge in [0.2, 0.25) is 18.1 Å². The molecule has 11 nitrogen and oxygen atoms in total. The molecule has 0 aromatic carbocycles. The molecule has 2 fully saturated rings. The first-order chi connectivity index (χ1) is 15.4. The molecular weight excluding hydrogens is 421 g/mol. The number of ether oxygens (including phenoxy) is 1. The Morgan fingerprint density at radius 1 is 1.31 bits per heavy atom. The number of hydroxylamine groups is 2. The molecule has 1 aromatic heterocycles. The summed E-state index contributed by atoms with van der Waals surface area (Å²) in [7, 11) is 3.38. The Morgan fingerprint density at radius 2 is 2.00 bits per heavy atom. The zero-order valence-electron chi connectivity index (χ0n) is 18.6. The minimum absolute atomic E-state index is 0.0259. The van der Waals surface area contributed by atoms with Gasteiger partial charge < -0.3 is 14.5 Å². The molecule has 0 bridgehead atoms. The number of methoxy groups -OCH3 is 1. The second-order valence-corrected chi connectivity index (χ2v) is 8.41. The topological polar surface area (TPSA) is 123 Å². The first-order valence-corrected chi connectivity index (χ1v) is 10.9. The minimum Gasteiger partial charge on any atom is -0.467 e. The Balaban J connectivity index is 1.70. The second kappa shape index (κ2) is 11.2. The highest BCUT2D eigenvalue weighted by atomic mass is 19.1. The molecule has 1 unspecified atom stereocenters. The van der Waals surface area contributed by atoms with E-state index in [1.807, 2.05) is 11.9 Å². The third-order valence-electron chi connectivity index (χ3n) is 6.10. The fourth-order valence-electron chi connectivity index (χ4n) is 4.22. The number of likely N-dealkylation sites (N-methyl/N-ethyl adjacent to an activating group) is 1. The number of carbonyl (C=O) groups is 2. The number of nitrogens with zero attached hydrogens (tertiary/aromatic N) is 5. The number of amides is 2. The molecule has 1 aliphatic heterocycles. The molecule has 1 aromatic rings. The number of nitrogens with one attached hydrogen (secondary N) is 2. The average Bonchev–Trinajstić information content (AvgIpc) is 3.31. The normalized spacial score (nSPS) is 18.3. The Bertz CT molecular complexity index is 785. The average molecular weight is 454 g/mol. The monoisotopic (exact) mass is 453 g/mol. The van der Waals surface area contributed by atoms with Gasteiger partial charge in [-0.15, -0.1) is 0 Å². The van der Waals surface area contributed by atoms with Gasteiger partial charge in [-0.05, 0) is 19.4 Å². The molecular formula is C20H32FN7O4. The van der Waals surface area contributed by atoms with Crippen LogP contribution in [0.2, 0.25) is 0 Å². The third kappa shape index (κ3) is 6.16. The largest absolute Gasteiger partial charge is 0.467 e. The predicted molar refractivity (Wildman–Crippen MR) is 115 cm³/mol. The zero-order chi connectivity index (χ0) is 23.1. The van der Waals surface area contributed by atoms with Crippen LogP contribution in [-0.2, 0) is 9.59 Å². The summed E-state index contributed by atoms with van der Waals surface area (Å²) < 4.78 is 20.3. The Morgan fingerprint density at radius 3 is 2.62 bits per heavy atom. The van der Waals surface area contributed by atoms with Crippen molar-refractivity contribution in [3.8, 4) is 6.01 Å². The van der Waals surface area contributed by atoms with Crippen LogP contribution < -0.4 is 20.5 Å². The summed E-state index contributed by atoms with van der Waals surface area (Å²) in [5, 5.41) is 10.1. The molecule has 2 heterocycles. The van der Waals surface area contributed by atoms with E-state index in [9.17, 15) is 14.8 Å². The number of anilines is 2. The Labute approximate surface area is 186 Å². The van der Waals surface area contributed by atoms with E-state index in [0.717, 1.165) is 38.8 Å². The van der Waals surface area contributed by atoms with Gasteiger partial charge in [0.25, 0.3) is 0 Å². The standard InChI is InChI=1S/C20H32FN7O4/c1-26-7-9-27(10-8-26)18-16(21)17(22-20(23-18)32-2)24-25-19(30)15(12-28(31)13-29)11-14-5-3-4-6-14/h13-15,31H,3-12H2,1-2H3,(H,25,30)(H,22,23,24). The van der Waals surface area contributed by atoms with E-state index >= 15 is 4.39 Å². The number of hydrazine groups is 1. The van der Waals surface area contributed by atoms with E-state index in [2.05, 4.69) is 25.7 Å². The number of rotatable bonds is 10. The van der Waals surface area contributed by atoms with Crippen LogP contribution >= 0.6 is 0 Å². The maximum absolute atomic E-state index is 15.2. The molecule has 3 rings (SSSR count). The first kappa shape index (κ1) is 23.9. The summed E-state index contributed by atoms with van der Waals surface area (Å²) in [5.41, 5.74) is 5.02. The summed E-state index contributed by atoms with van der Waals surface area (Å²) in [6.07, 6.45) is 5.02. The van der Waals surface area contributed by atoms with Gasteiger partial charge in [0.1, 0.15) is 0 Å². The summed E-state index contributed by atoms with van der Waals surface area (Å²) >= 11 is 0. The van der Waals surface area contributed by atoms with Gasteiger partial charge in [-0.2, -0.15) is 14.4 Å². The summed E-state index contributed by atoms with van der Waals surface area (Å²) in [5.74, 6) is -1.56. The van der Waals surface area contributed by atoms with Crippen molar-refractivity contribution >= 4 is 24.0 Å². The van der Waals surface area contributed by atoms with E-state index in [4.69, 9.17) is 4.74 Å². The number of aromatic nitrogens is 2. The van der Waals surface area contributed by atoms with Crippen molar-refractivity contribution < 1.29 is 23.9 Å². The number of halogens is 1. The molecule has 1 saturated carbocycles. The SMILES string of the molecule is COc1nc(NNC(=O)C(CC2CCCC2)CN(O)C=O)c(F)c(N2CCN(C)CC2)n1. The van der Waals surface area contributed by atoms with Gasteiger partial charge in [0.15, 0.2) is 11.6 Å². The van der Waals surface area contributed by atoms with Crippen LogP contribution in [0, 0.1) is 17.7 Å². The van der Waals surface area contributed by atoms with Crippen molar-refractivity contribution in [3.05, 3.63) is 5.82 Å². The molecule has 1 atom stereocenters. The van der Waals surface area contributed by atoms with Crippen LogP contribution in [0.5, 0.6) is 6.01 Å². The van der Waals surface area contributed by atoms with E-state index in [-0.39, 0.29) is 30.6 Å². The predicted octanol–water partition coefficient (Wildman–Crippen LogP) is 0.863. The molecule has 1 aliphatic carbocycles. The quantitative estimate of drug-likeness (QED) is 0.269. The number of hydrogen-bond donors (Lipinski definition) is 3. The zero-order valence-corrected chi connectivity index (χ0v) is 18.6. The van der Waals surface area contributed by atoms with Gasteiger partial charge in [-0.25, -0.2) is 5.06 Å². The number of piperazine rings is 1. The maximum atomic E-state index is 15.2. The maximum Gasteiger partial charge on any atom is 0.320 e. The number of hydrogen-bond acceptors (Lipinski definition) is 9. The summed E-state index contributed by atoms with van der Waals surface area (Å²) in [6, 6.07) is -0.0259. The van der Waals surface area contributed by atoms with Crippen molar-refractivity contribution in [1.29, 1.82) is 0 Å². The van der Waals surface area contributed by atoms with E-state index in [1.54, 1.807) is 0 Å². The van der Waals surface area contributed by atoms with Crippen LogP contribution in [-0.4, -0.2) is 84.3 Å². The molecule has 3 N–H and O–H groups in total. The van der Waals surface area contributed by atoms with Crippen molar-refractivity contribution in [1.82, 2.24) is 25.4 Å². The van der Waals surface area contributed by atoms with Gasteiger partial charge >= 0.3 is 6.01 Å². The summed E-state index contributed by atoms with van der Waals surface area (Å²) in [6.45, 7) is 2.59. The third-order valence-corrected chi connectivity index (χ3v) is 6.10. The van der Waals surface area contributed by atoms with Crippen molar-refractivity contribution in [3.63, 3.8) is 0 Å². The van der Waals surface area contributed by atoms with E-state index in [1.165, 1.54) is 7.11 Å². The first-order valence-electron chi connectivity index (χ1n) is 10.9. The molecule has 0 spiro atoms. The molecule has 2 aliphatic rings. The highest BCUT2D eigenvalue weighted by molar-refractivity contribution is 5.80. The van der Waals surface area contributed by atoms with Gasteiger partial charge in [-0.3, -0.25) is 25.6 Å². The van der Waals surface area contributed by atoms with Gasteiger partial charge in [0.05, 0.1) is 19.6 Å². The van der Waals surface area contributed by atoms with Crippen molar-refractivity contribution in [2.24, 2.45) is 11.8 Å². The lowest BCUT2D eigenvalue weighted by Crippen LogP contribution is -2.45. The Hall–Kier alpha value is -2.73. The molecule has 0 radical (unpaired) electrons. The second-order valence-electron chi connectivity index (χ2n) is 8.41. The summed E-state index contributed by atoms with van der Waals surface area (Å²) in [4.78, 5) is 35.7. The van der Waals surface area contributed by atoms with Crippen LogP contribution in [0.4, 0.5) is 16.0 Å². The van der Waals surface area contributed by atoms with Crippen LogP contribution in [0.3, 0.4) is 0 Å². The lowest BCUT2D eigenvalue weighted by molar-refractivity contribution is -0.154. The molecule has 178 valence electrons. The molecule has 1 saturated heterocycles. The highest BCUT2D eigenvalue weighted by Crippen LogP contribution is 2.31. The van der Waals surface area contributed by atoms with Crippen LogP contribution in [0.25, 0.3) is 0 Å². The fraction of sp³-hybridized carbons (Fsp3) is 0.700. The lowest BCUT2D eigenvalue weighted by Gasteiger charge is -2.33. The highest BCUT2D eigenvalue weighted by Gasteiger charge is 2.28. The van der Waals surface area contributed by atoms with Crippen LogP contribution in [0.15, 0.2) is 0 Å². The minimum atomic E-state index is -0.695. The smallest absolute Gasteiger partial charge is 0.320 e. The van der Waals surface area contributed by atoms with Crippen LogP contribution in [0.1, 0.15) is 32.1 Å². The molecule has 12 heteroatoms.